The molecule has 0 amide bonds. The van der Waals surface area contributed by atoms with E-state index in [1.54, 1.807) is 0 Å². The fourth-order valence-corrected chi connectivity index (χ4v) is 2.06. The number of hydrogen-bond acceptors (Lipinski definition) is 3. The van der Waals surface area contributed by atoms with E-state index in [0.29, 0.717) is 6.04 Å². The van der Waals surface area contributed by atoms with Gasteiger partial charge in [-0.3, -0.25) is 0 Å². The fourth-order valence-electron chi connectivity index (χ4n) is 2.06. The van der Waals surface area contributed by atoms with E-state index in [0.717, 1.165) is 31.8 Å². The Balaban J connectivity index is 2.02. The van der Waals surface area contributed by atoms with Gasteiger partial charge in [0.25, 0.3) is 0 Å². The highest BCUT2D eigenvalue weighted by Gasteiger charge is 2.18. The molecule has 0 aliphatic carbocycles. The Kier molecular flexibility index (Phi) is 2.82. The largest absolute Gasteiger partial charge is 0.315 e. The maximum absolute atomic E-state index is 4.23. The quantitative estimate of drug-likeness (QED) is 0.769. The van der Waals surface area contributed by atoms with E-state index in [9.17, 15) is 0 Å². The summed E-state index contributed by atoms with van der Waals surface area (Å²) in [6.45, 7) is 6.45. The van der Waals surface area contributed by atoms with E-state index in [1.807, 2.05) is 0 Å². The molecule has 1 aliphatic heterocycles. The highest BCUT2D eigenvalue weighted by Crippen LogP contribution is 2.14. The number of aromatic nitrogens is 3. The van der Waals surface area contributed by atoms with Gasteiger partial charge < -0.3 is 9.88 Å². The number of hydrogen-bond donors (Lipinski definition) is 1. The third-order valence-corrected chi connectivity index (χ3v) is 2.73. The van der Waals surface area contributed by atoms with Gasteiger partial charge in [-0.1, -0.05) is 6.92 Å². The minimum atomic E-state index is 0.494. The van der Waals surface area contributed by atoms with Crippen LogP contribution in [0.15, 0.2) is 0 Å². The Morgan fingerprint density at radius 1 is 1.50 bits per heavy atom. The standard InChI is InChI=1S/C10H18N4/c1-3-11-8(2)7-10-13-12-9-5-4-6-14(9)10/h8,11H,3-7H2,1-2H3. The van der Waals surface area contributed by atoms with Crippen molar-refractivity contribution in [3.05, 3.63) is 11.6 Å². The predicted molar refractivity (Wildman–Crippen MR) is 55.2 cm³/mol. The first-order valence-electron chi connectivity index (χ1n) is 5.45. The highest BCUT2D eigenvalue weighted by atomic mass is 15.3. The van der Waals surface area contributed by atoms with Crippen molar-refractivity contribution in [2.24, 2.45) is 0 Å². The van der Waals surface area contributed by atoms with Crippen molar-refractivity contribution in [1.82, 2.24) is 20.1 Å². The summed E-state index contributed by atoms with van der Waals surface area (Å²) in [5.41, 5.74) is 0. The summed E-state index contributed by atoms with van der Waals surface area (Å²) in [6, 6.07) is 0.494. The Morgan fingerprint density at radius 2 is 2.36 bits per heavy atom. The molecule has 1 atom stereocenters. The number of nitrogens with one attached hydrogen (secondary N) is 1. The van der Waals surface area contributed by atoms with Crippen LogP contribution < -0.4 is 5.32 Å². The van der Waals surface area contributed by atoms with Crippen molar-refractivity contribution >= 4 is 0 Å². The van der Waals surface area contributed by atoms with Gasteiger partial charge in [-0.25, -0.2) is 0 Å². The number of likely N-dealkylation sites (N-methyl/N-ethyl adjacent to an activating group) is 1. The average molecular weight is 194 g/mol. The van der Waals surface area contributed by atoms with Gasteiger partial charge in [-0.15, -0.1) is 10.2 Å². The lowest BCUT2D eigenvalue weighted by atomic mass is 10.2. The lowest BCUT2D eigenvalue weighted by molar-refractivity contribution is 0.535. The molecule has 1 aromatic rings. The van der Waals surface area contributed by atoms with Crippen LogP contribution in [-0.4, -0.2) is 27.4 Å². The van der Waals surface area contributed by atoms with Crippen LogP contribution >= 0.6 is 0 Å². The zero-order chi connectivity index (χ0) is 9.97. The lowest BCUT2D eigenvalue weighted by Gasteiger charge is -2.11. The van der Waals surface area contributed by atoms with Crippen molar-refractivity contribution in [3.63, 3.8) is 0 Å². The number of rotatable bonds is 4. The van der Waals surface area contributed by atoms with Crippen molar-refractivity contribution in [1.29, 1.82) is 0 Å². The van der Waals surface area contributed by atoms with Crippen LogP contribution in [0.25, 0.3) is 0 Å². The van der Waals surface area contributed by atoms with Crippen LogP contribution in [0.5, 0.6) is 0 Å². The van der Waals surface area contributed by atoms with E-state index < -0.39 is 0 Å². The van der Waals surface area contributed by atoms with Crippen LogP contribution in [0, 0.1) is 0 Å². The predicted octanol–water partition coefficient (Wildman–Crippen LogP) is 0.765. The van der Waals surface area contributed by atoms with Crippen LogP contribution in [0.4, 0.5) is 0 Å². The average Bonchev–Trinajstić information content (AvgIpc) is 2.70. The van der Waals surface area contributed by atoms with Crippen LogP contribution in [0.2, 0.25) is 0 Å². The molecular formula is C10H18N4. The van der Waals surface area contributed by atoms with Crippen molar-refractivity contribution in [3.8, 4) is 0 Å². The fraction of sp³-hybridized carbons (Fsp3) is 0.800. The topological polar surface area (TPSA) is 42.7 Å². The van der Waals surface area contributed by atoms with Crippen molar-refractivity contribution < 1.29 is 0 Å². The summed E-state index contributed by atoms with van der Waals surface area (Å²) in [7, 11) is 0. The second-order valence-corrected chi connectivity index (χ2v) is 3.95. The number of aryl methyl sites for hydroxylation is 1. The Hall–Kier alpha value is -0.900. The van der Waals surface area contributed by atoms with E-state index in [-0.39, 0.29) is 0 Å². The molecule has 0 fully saturated rings. The minimum absolute atomic E-state index is 0.494. The molecule has 1 N–H and O–H groups in total. The first kappa shape index (κ1) is 9.65. The molecule has 0 saturated heterocycles. The normalized spacial score (nSPS) is 17.0. The van der Waals surface area contributed by atoms with Crippen molar-refractivity contribution in [2.45, 2.75) is 45.7 Å². The zero-order valence-corrected chi connectivity index (χ0v) is 8.95. The van der Waals surface area contributed by atoms with E-state index in [1.165, 1.54) is 12.2 Å². The minimum Gasteiger partial charge on any atom is -0.315 e. The molecule has 1 aromatic heterocycles. The van der Waals surface area contributed by atoms with Gasteiger partial charge in [0.1, 0.15) is 11.6 Å². The van der Waals surface area contributed by atoms with Gasteiger partial charge in [-0.05, 0) is 19.9 Å². The molecule has 4 heteroatoms. The summed E-state index contributed by atoms with van der Waals surface area (Å²) in [5, 5.41) is 11.8. The Bertz CT molecular complexity index is 305. The molecule has 0 saturated carbocycles. The van der Waals surface area contributed by atoms with Gasteiger partial charge >= 0.3 is 0 Å². The Labute approximate surface area is 84.7 Å². The van der Waals surface area contributed by atoms with Gasteiger partial charge in [0.2, 0.25) is 0 Å². The monoisotopic (exact) mass is 194 g/mol. The molecule has 2 heterocycles. The van der Waals surface area contributed by atoms with Gasteiger partial charge in [-0.2, -0.15) is 0 Å². The number of nitrogens with zero attached hydrogens (tertiary/aromatic N) is 3. The summed E-state index contributed by atoms with van der Waals surface area (Å²) in [5.74, 6) is 2.31. The Morgan fingerprint density at radius 3 is 3.14 bits per heavy atom. The first-order valence-corrected chi connectivity index (χ1v) is 5.45. The molecule has 2 rings (SSSR count). The van der Waals surface area contributed by atoms with E-state index in [4.69, 9.17) is 0 Å². The van der Waals surface area contributed by atoms with Gasteiger partial charge in [0, 0.05) is 25.4 Å². The molecule has 0 aromatic carbocycles. The SMILES string of the molecule is CCNC(C)Cc1nnc2n1CCC2. The molecule has 4 nitrogen and oxygen atoms in total. The lowest BCUT2D eigenvalue weighted by Crippen LogP contribution is -2.28. The van der Waals surface area contributed by atoms with Crippen LogP contribution in [0.3, 0.4) is 0 Å². The molecule has 0 spiro atoms. The molecule has 1 aliphatic rings. The zero-order valence-electron chi connectivity index (χ0n) is 8.95. The third kappa shape index (κ3) is 1.80. The van der Waals surface area contributed by atoms with Gasteiger partial charge in [0.05, 0.1) is 0 Å². The second-order valence-electron chi connectivity index (χ2n) is 3.95. The maximum Gasteiger partial charge on any atom is 0.134 e. The summed E-state index contributed by atoms with van der Waals surface area (Å²) >= 11 is 0. The van der Waals surface area contributed by atoms with Crippen LogP contribution in [0.1, 0.15) is 31.9 Å². The highest BCUT2D eigenvalue weighted by molar-refractivity contribution is 5.01. The van der Waals surface area contributed by atoms with E-state index in [2.05, 4.69) is 33.9 Å². The third-order valence-electron chi connectivity index (χ3n) is 2.73. The second kappa shape index (κ2) is 4.09. The smallest absolute Gasteiger partial charge is 0.134 e. The number of fused-ring (bicyclic) bond motifs is 1. The maximum atomic E-state index is 4.23. The molecule has 1 unspecified atom stereocenters. The summed E-state index contributed by atoms with van der Waals surface area (Å²) in [4.78, 5) is 0. The van der Waals surface area contributed by atoms with Gasteiger partial charge in [0.15, 0.2) is 0 Å². The molecule has 0 bridgehead atoms. The van der Waals surface area contributed by atoms with Crippen molar-refractivity contribution in [2.75, 3.05) is 6.54 Å². The molecular weight excluding hydrogens is 176 g/mol. The summed E-state index contributed by atoms with van der Waals surface area (Å²) < 4.78 is 2.27. The molecule has 14 heavy (non-hydrogen) atoms. The van der Waals surface area contributed by atoms with E-state index >= 15 is 0 Å². The molecule has 78 valence electrons. The summed E-state index contributed by atoms with van der Waals surface area (Å²) in [6.07, 6.45) is 3.32. The van der Waals surface area contributed by atoms with Crippen LogP contribution in [-0.2, 0) is 19.4 Å². The molecule has 0 radical (unpaired) electrons. The first-order chi connectivity index (χ1) is 6.81.